The van der Waals surface area contributed by atoms with Gasteiger partial charge in [0.05, 0.1) is 15.7 Å². The fourth-order valence-corrected chi connectivity index (χ4v) is 3.63. The van der Waals surface area contributed by atoms with Gasteiger partial charge < -0.3 is 10.2 Å². The summed E-state index contributed by atoms with van der Waals surface area (Å²) in [6.07, 6.45) is 3.70. The Balaban J connectivity index is 1.43. The fourth-order valence-electron chi connectivity index (χ4n) is 3.34. The van der Waals surface area contributed by atoms with Crippen molar-refractivity contribution in [1.29, 1.82) is 0 Å². The van der Waals surface area contributed by atoms with Crippen LogP contribution in [0.1, 0.15) is 29.6 Å². The lowest BCUT2D eigenvalue weighted by molar-refractivity contribution is 0.102. The van der Waals surface area contributed by atoms with Gasteiger partial charge in [0.1, 0.15) is 0 Å². The molecule has 0 radical (unpaired) electrons. The quantitative estimate of drug-likeness (QED) is 0.581. The van der Waals surface area contributed by atoms with Crippen LogP contribution in [0.15, 0.2) is 54.6 Å². The first kappa shape index (κ1) is 19.7. The van der Waals surface area contributed by atoms with Crippen LogP contribution in [0.25, 0.3) is 11.3 Å². The van der Waals surface area contributed by atoms with Crippen LogP contribution in [0.2, 0.25) is 10.0 Å². The van der Waals surface area contributed by atoms with E-state index in [4.69, 9.17) is 23.2 Å². The van der Waals surface area contributed by atoms with Crippen molar-refractivity contribution in [3.8, 4) is 11.3 Å². The Bertz CT molecular complexity index is 1000. The Morgan fingerprint density at radius 3 is 2.28 bits per heavy atom. The average Bonchev–Trinajstić information content (AvgIpc) is 2.77. The van der Waals surface area contributed by atoms with Crippen LogP contribution in [-0.4, -0.2) is 29.2 Å². The molecule has 148 valence electrons. The first-order chi connectivity index (χ1) is 14.1. The first-order valence-electron chi connectivity index (χ1n) is 9.56. The number of aromatic nitrogens is 2. The van der Waals surface area contributed by atoms with Gasteiger partial charge in [-0.2, -0.15) is 0 Å². The zero-order chi connectivity index (χ0) is 20.2. The summed E-state index contributed by atoms with van der Waals surface area (Å²) in [7, 11) is 0. The van der Waals surface area contributed by atoms with Gasteiger partial charge in [-0.25, -0.2) is 0 Å². The van der Waals surface area contributed by atoms with E-state index in [0.717, 1.165) is 30.2 Å². The van der Waals surface area contributed by atoms with Gasteiger partial charge in [0, 0.05) is 29.9 Å². The second-order valence-corrected chi connectivity index (χ2v) is 7.80. The number of halogens is 2. The Hall–Kier alpha value is -2.63. The van der Waals surface area contributed by atoms with Crippen molar-refractivity contribution in [1.82, 2.24) is 10.2 Å². The number of anilines is 2. The van der Waals surface area contributed by atoms with Crippen molar-refractivity contribution in [3.63, 3.8) is 0 Å². The van der Waals surface area contributed by atoms with Crippen molar-refractivity contribution in [2.45, 2.75) is 19.3 Å². The molecule has 0 saturated carbocycles. The largest absolute Gasteiger partial charge is 0.355 e. The fraction of sp³-hybridized carbons (Fsp3) is 0.227. The SMILES string of the molecule is O=C(Nc1ccc(-c2ccc(N3CCCCC3)nn2)cc1)c1ccc(Cl)c(Cl)c1. The monoisotopic (exact) mass is 426 g/mol. The van der Waals surface area contributed by atoms with Gasteiger partial charge in [0.2, 0.25) is 0 Å². The van der Waals surface area contributed by atoms with E-state index in [-0.39, 0.29) is 5.91 Å². The number of carbonyl (C=O) groups is 1. The third kappa shape index (κ3) is 4.69. The number of hydrogen-bond donors (Lipinski definition) is 1. The molecule has 1 aliphatic rings. The minimum Gasteiger partial charge on any atom is -0.355 e. The lowest BCUT2D eigenvalue weighted by atomic mass is 10.1. The molecule has 0 bridgehead atoms. The third-order valence-corrected chi connectivity index (χ3v) is 5.69. The highest BCUT2D eigenvalue weighted by molar-refractivity contribution is 6.42. The maximum atomic E-state index is 12.4. The molecule has 1 N–H and O–H groups in total. The molecule has 29 heavy (non-hydrogen) atoms. The molecular formula is C22H20Cl2N4O. The Morgan fingerprint density at radius 2 is 1.62 bits per heavy atom. The van der Waals surface area contributed by atoms with Crippen molar-refractivity contribution in [2.75, 3.05) is 23.3 Å². The van der Waals surface area contributed by atoms with Crippen molar-refractivity contribution >= 4 is 40.6 Å². The van der Waals surface area contributed by atoms with Gasteiger partial charge in [0.25, 0.3) is 5.91 Å². The predicted molar refractivity (Wildman–Crippen MR) is 118 cm³/mol. The summed E-state index contributed by atoms with van der Waals surface area (Å²) < 4.78 is 0. The molecule has 1 saturated heterocycles. The van der Waals surface area contributed by atoms with E-state index in [1.165, 1.54) is 19.3 Å². The third-order valence-electron chi connectivity index (χ3n) is 4.95. The van der Waals surface area contributed by atoms with Crippen LogP contribution in [0.4, 0.5) is 11.5 Å². The molecule has 5 nitrogen and oxygen atoms in total. The number of nitrogens with one attached hydrogen (secondary N) is 1. The van der Waals surface area contributed by atoms with Gasteiger partial charge in [-0.15, -0.1) is 10.2 Å². The second kappa shape index (κ2) is 8.80. The zero-order valence-electron chi connectivity index (χ0n) is 15.7. The summed E-state index contributed by atoms with van der Waals surface area (Å²) in [5, 5.41) is 12.4. The van der Waals surface area contributed by atoms with E-state index in [0.29, 0.717) is 21.3 Å². The van der Waals surface area contributed by atoms with E-state index in [1.807, 2.05) is 36.4 Å². The lowest BCUT2D eigenvalue weighted by Gasteiger charge is -2.27. The number of carbonyl (C=O) groups excluding carboxylic acids is 1. The standard InChI is InChI=1S/C22H20Cl2N4O/c23-18-9-6-16(14-19(18)24)22(29)25-17-7-4-15(5-8-17)20-10-11-21(27-26-20)28-12-2-1-3-13-28/h4-11,14H,1-3,12-13H2,(H,25,29). The molecule has 7 heteroatoms. The average molecular weight is 427 g/mol. The molecule has 1 amide bonds. The molecule has 0 atom stereocenters. The van der Waals surface area contributed by atoms with Gasteiger partial charge in [-0.3, -0.25) is 4.79 Å². The number of hydrogen-bond acceptors (Lipinski definition) is 4. The number of amides is 1. The summed E-state index contributed by atoms with van der Waals surface area (Å²) in [5.41, 5.74) is 2.87. The van der Waals surface area contributed by atoms with Crippen LogP contribution in [0, 0.1) is 0 Å². The maximum Gasteiger partial charge on any atom is 0.255 e. The molecular weight excluding hydrogens is 407 g/mol. The van der Waals surface area contributed by atoms with Gasteiger partial charge in [0.15, 0.2) is 5.82 Å². The highest BCUT2D eigenvalue weighted by atomic mass is 35.5. The van der Waals surface area contributed by atoms with Crippen molar-refractivity contribution in [2.24, 2.45) is 0 Å². The summed E-state index contributed by atoms with van der Waals surface area (Å²) in [4.78, 5) is 14.7. The normalized spacial score (nSPS) is 13.9. The van der Waals surface area contributed by atoms with Crippen LogP contribution in [0.3, 0.4) is 0 Å². The molecule has 2 heterocycles. The van der Waals surface area contributed by atoms with Crippen LogP contribution < -0.4 is 10.2 Å². The second-order valence-electron chi connectivity index (χ2n) is 6.98. The Labute approximate surface area is 179 Å². The van der Waals surface area contributed by atoms with E-state index in [9.17, 15) is 4.79 Å². The van der Waals surface area contributed by atoms with Crippen molar-refractivity contribution in [3.05, 3.63) is 70.2 Å². The number of nitrogens with zero attached hydrogens (tertiary/aromatic N) is 3. The predicted octanol–water partition coefficient (Wildman–Crippen LogP) is 5.69. The molecule has 4 rings (SSSR count). The molecule has 0 unspecified atom stereocenters. The maximum absolute atomic E-state index is 12.4. The highest BCUT2D eigenvalue weighted by Gasteiger charge is 2.13. The van der Waals surface area contributed by atoms with Gasteiger partial charge in [-0.1, -0.05) is 35.3 Å². The van der Waals surface area contributed by atoms with Crippen LogP contribution >= 0.6 is 23.2 Å². The lowest BCUT2D eigenvalue weighted by Crippen LogP contribution is -2.30. The molecule has 0 aliphatic carbocycles. The van der Waals surface area contributed by atoms with E-state index >= 15 is 0 Å². The minimum atomic E-state index is -0.248. The molecule has 1 aromatic heterocycles. The number of piperidine rings is 1. The summed E-state index contributed by atoms with van der Waals surface area (Å²) in [6.45, 7) is 2.09. The molecule has 0 spiro atoms. The van der Waals surface area contributed by atoms with Crippen LogP contribution in [0.5, 0.6) is 0 Å². The Kier molecular flexibility index (Phi) is 5.97. The van der Waals surface area contributed by atoms with Crippen molar-refractivity contribution < 1.29 is 4.79 Å². The topological polar surface area (TPSA) is 58.1 Å². The van der Waals surface area contributed by atoms with E-state index in [1.54, 1.807) is 18.2 Å². The zero-order valence-corrected chi connectivity index (χ0v) is 17.2. The summed E-state index contributed by atoms with van der Waals surface area (Å²) in [5.74, 6) is 0.681. The molecule has 1 fully saturated rings. The molecule has 3 aromatic rings. The number of rotatable bonds is 4. The first-order valence-corrected chi connectivity index (χ1v) is 10.3. The molecule has 1 aliphatic heterocycles. The highest BCUT2D eigenvalue weighted by Crippen LogP contribution is 2.24. The van der Waals surface area contributed by atoms with E-state index in [2.05, 4.69) is 20.4 Å². The van der Waals surface area contributed by atoms with Gasteiger partial charge >= 0.3 is 0 Å². The molecule has 2 aromatic carbocycles. The smallest absolute Gasteiger partial charge is 0.255 e. The van der Waals surface area contributed by atoms with E-state index < -0.39 is 0 Å². The number of benzene rings is 2. The minimum absolute atomic E-state index is 0.248. The Morgan fingerprint density at radius 1 is 0.862 bits per heavy atom. The van der Waals surface area contributed by atoms with Gasteiger partial charge in [-0.05, 0) is 61.7 Å². The summed E-state index contributed by atoms with van der Waals surface area (Å²) >= 11 is 11.9. The summed E-state index contributed by atoms with van der Waals surface area (Å²) in [6, 6.07) is 16.3. The van der Waals surface area contributed by atoms with Crippen LogP contribution in [-0.2, 0) is 0 Å².